The Morgan fingerprint density at radius 2 is 1.91 bits per heavy atom. The quantitative estimate of drug-likeness (QED) is 0.766. The monoisotopic (exact) mass is 324 g/mol. The number of ether oxygens (including phenoxy) is 1. The van der Waals surface area contributed by atoms with E-state index in [9.17, 15) is 4.79 Å². The Labute approximate surface area is 138 Å². The number of nitrogens with zero attached hydrogens (tertiary/aromatic N) is 1. The van der Waals surface area contributed by atoms with Crippen LogP contribution in [-0.2, 0) is 6.54 Å². The van der Waals surface area contributed by atoms with Gasteiger partial charge in [0.2, 0.25) is 0 Å². The number of hydrogen-bond acceptors (Lipinski definition) is 4. The van der Waals surface area contributed by atoms with Gasteiger partial charge in [-0.25, -0.2) is 4.98 Å². The smallest absolute Gasteiger partial charge is 0.251 e. The van der Waals surface area contributed by atoms with Crippen molar-refractivity contribution < 1.29 is 9.53 Å². The van der Waals surface area contributed by atoms with Crippen molar-refractivity contribution in [2.75, 3.05) is 0 Å². The van der Waals surface area contributed by atoms with E-state index in [0.29, 0.717) is 17.9 Å². The number of carbonyl (C=O) groups excluding carboxylic acids is 1. The number of aromatic nitrogens is 1. The number of rotatable bonds is 5. The first-order valence-electron chi connectivity index (χ1n) is 7.23. The van der Waals surface area contributed by atoms with E-state index in [1.54, 1.807) is 29.5 Å². The van der Waals surface area contributed by atoms with Crippen LogP contribution in [0.4, 0.5) is 0 Å². The molecule has 2 aromatic carbocycles. The van der Waals surface area contributed by atoms with E-state index in [4.69, 9.17) is 4.74 Å². The number of para-hydroxylation sites is 1. The molecule has 0 unspecified atom stereocenters. The molecule has 0 bridgehead atoms. The van der Waals surface area contributed by atoms with Gasteiger partial charge in [0.25, 0.3) is 5.91 Å². The fourth-order valence-corrected chi connectivity index (χ4v) is 2.78. The molecule has 0 aliphatic carbocycles. The van der Waals surface area contributed by atoms with Gasteiger partial charge < -0.3 is 10.1 Å². The number of hydrogen-bond donors (Lipinski definition) is 1. The molecule has 0 aliphatic rings. The average Bonchev–Trinajstić information content (AvgIpc) is 2.99. The molecule has 1 aromatic heterocycles. The second-order valence-corrected chi connectivity index (χ2v) is 5.95. The molecule has 3 rings (SSSR count). The normalized spacial score (nSPS) is 10.3. The molecule has 1 amide bonds. The van der Waals surface area contributed by atoms with Crippen LogP contribution in [0.3, 0.4) is 0 Å². The highest BCUT2D eigenvalue weighted by molar-refractivity contribution is 7.09. The lowest BCUT2D eigenvalue weighted by Crippen LogP contribution is -2.22. The van der Waals surface area contributed by atoms with Crippen molar-refractivity contribution in [1.82, 2.24) is 10.3 Å². The molecule has 0 aliphatic heterocycles. The Morgan fingerprint density at radius 3 is 2.65 bits per heavy atom. The highest BCUT2D eigenvalue weighted by atomic mass is 32.1. The van der Waals surface area contributed by atoms with Crippen LogP contribution >= 0.6 is 11.3 Å². The molecule has 23 heavy (non-hydrogen) atoms. The Bertz CT molecular complexity index is 800. The Morgan fingerprint density at radius 1 is 1.13 bits per heavy atom. The van der Waals surface area contributed by atoms with Crippen LogP contribution in [0.1, 0.15) is 21.1 Å². The van der Waals surface area contributed by atoms with Gasteiger partial charge in [0.15, 0.2) is 0 Å². The summed E-state index contributed by atoms with van der Waals surface area (Å²) >= 11 is 1.54. The van der Waals surface area contributed by atoms with Crippen LogP contribution in [-0.4, -0.2) is 10.9 Å². The van der Waals surface area contributed by atoms with Crippen molar-refractivity contribution in [2.45, 2.75) is 13.5 Å². The van der Waals surface area contributed by atoms with Crippen LogP contribution in [0.25, 0.3) is 0 Å². The zero-order valence-electron chi connectivity index (χ0n) is 12.7. The van der Waals surface area contributed by atoms with E-state index in [1.165, 1.54) is 0 Å². The summed E-state index contributed by atoms with van der Waals surface area (Å²) in [6.45, 7) is 2.37. The molecular weight excluding hydrogens is 308 g/mol. The van der Waals surface area contributed by atoms with Gasteiger partial charge in [-0.05, 0) is 37.3 Å². The van der Waals surface area contributed by atoms with E-state index < -0.39 is 0 Å². The molecule has 0 spiro atoms. The minimum Gasteiger partial charge on any atom is -0.457 e. The van der Waals surface area contributed by atoms with Gasteiger partial charge in [-0.2, -0.15) is 0 Å². The average molecular weight is 324 g/mol. The first kappa shape index (κ1) is 15.2. The molecule has 0 radical (unpaired) electrons. The van der Waals surface area contributed by atoms with Gasteiger partial charge >= 0.3 is 0 Å². The highest BCUT2D eigenvalue weighted by Crippen LogP contribution is 2.21. The molecule has 0 saturated carbocycles. The lowest BCUT2D eigenvalue weighted by atomic mass is 10.2. The fourth-order valence-electron chi connectivity index (χ4n) is 2.07. The van der Waals surface area contributed by atoms with E-state index in [1.807, 2.05) is 48.7 Å². The fraction of sp³-hybridized carbons (Fsp3) is 0.111. The molecule has 3 aromatic rings. The Hall–Kier alpha value is -2.66. The summed E-state index contributed by atoms with van der Waals surface area (Å²) in [5.74, 6) is 1.23. The molecule has 1 N–H and O–H groups in total. The summed E-state index contributed by atoms with van der Waals surface area (Å²) in [6.07, 6.45) is 0. The lowest BCUT2D eigenvalue weighted by Gasteiger charge is -2.08. The van der Waals surface area contributed by atoms with Gasteiger partial charge in [0, 0.05) is 16.6 Å². The number of benzene rings is 2. The van der Waals surface area contributed by atoms with Crippen molar-refractivity contribution in [3.05, 3.63) is 76.2 Å². The lowest BCUT2D eigenvalue weighted by molar-refractivity contribution is 0.0950. The third kappa shape index (κ3) is 4.17. The SMILES string of the molecule is Cc1csc(CNC(=O)c2cccc(Oc3ccccc3)c2)n1. The maximum absolute atomic E-state index is 12.2. The number of aryl methyl sites for hydroxylation is 1. The maximum Gasteiger partial charge on any atom is 0.251 e. The van der Waals surface area contributed by atoms with Gasteiger partial charge in [0.1, 0.15) is 16.5 Å². The van der Waals surface area contributed by atoms with Gasteiger partial charge in [0.05, 0.1) is 6.54 Å². The second-order valence-electron chi connectivity index (χ2n) is 5.01. The minimum atomic E-state index is -0.142. The third-order valence-corrected chi connectivity index (χ3v) is 4.11. The van der Waals surface area contributed by atoms with E-state index in [2.05, 4.69) is 10.3 Å². The Kier molecular flexibility index (Phi) is 4.68. The summed E-state index contributed by atoms with van der Waals surface area (Å²) in [6, 6.07) is 16.6. The predicted molar refractivity (Wildman–Crippen MR) is 91.0 cm³/mol. The van der Waals surface area contributed by atoms with Crippen LogP contribution in [0.15, 0.2) is 60.0 Å². The zero-order chi connectivity index (χ0) is 16.1. The van der Waals surface area contributed by atoms with Crippen molar-refractivity contribution in [3.63, 3.8) is 0 Å². The van der Waals surface area contributed by atoms with Crippen molar-refractivity contribution in [1.29, 1.82) is 0 Å². The first-order chi connectivity index (χ1) is 11.2. The predicted octanol–water partition coefficient (Wildman–Crippen LogP) is 4.17. The summed E-state index contributed by atoms with van der Waals surface area (Å²) in [4.78, 5) is 16.6. The highest BCUT2D eigenvalue weighted by Gasteiger charge is 2.08. The van der Waals surface area contributed by atoms with Gasteiger partial charge in [-0.1, -0.05) is 24.3 Å². The standard InChI is InChI=1S/C18H16N2O2S/c1-13-12-23-17(20-13)11-19-18(21)14-6-5-9-16(10-14)22-15-7-3-2-4-8-15/h2-10,12H,11H2,1H3,(H,19,21). The summed E-state index contributed by atoms with van der Waals surface area (Å²) in [5.41, 5.74) is 1.53. The summed E-state index contributed by atoms with van der Waals surface area (Å²) in [7, 11) is 0. The number of carbonyl (C=O) groups is 1. The summed E-state index contributed by atoms with van der Waals surface area (Å²) < 4.78 is 5.74. The third-order valence-electron chi connectivity index (χ3n) is 3.14. The topological polar surface area (TPSA) is 51.2 Å². The minimum absolute atomic E-state index is 0.142. The maximum atomic E-state index is 12.2. The van der Waals surface area contributed by atoms with Crippen molar-refractivity contribution in [3.8, 4) is 11.5 Å². The number of nitrogens with one attached hydrogen (secondary N) is 1. The molecule has 0 atom stereocenters. The van der Waals surface area contributed by atoms with E-state index in [0.717, 1.165) is 16.5 Å². The molecule has 116 valence electrons. The molecular formula is C18H16N2O2S. The van der Waals surface area contributed by atoms with E-state index in [-0.39, 0.29) is 5.91 Å². The first-order valence-corrected chi connectivity index (χ1v) is 8.11. The molecule has 5 heteroatoms. The molecule has 4 nitrogen and oxygen atoms in total. The van der Waals surface area contributed by atoms with Crippen molar-refractivity contribution >= 4 is 17.2 Å². The second kappa shape index (κ2) is 7.07. The largest absolute Gasteiger partial charge is 0.457 e. The van der Waals surface area contributed by atoms with Crippen LogP contribution in [0.5, 0.6) is 11.5 Å². The molecule has 0 fully saturated rings. The van der Waals surface area contributed by atoms with Crippen LogP contribution in [0.2, 0.25) is 0 Å². The van der Waals surface area contributed by atoms with Gasteiger partial charge in [-0.15, -0.1) is 11.3 Å². The summed E-state index contributed by atoms with van der Waals surface area (Å²) in [5, 5.41) is 5.74. The van der Waals surface area contributed by atoms with Crippen molar-refractivity contribution in [2.24, 2.45) is 0 Å². The number of amides is 1. The van der Waals surface area contributed by atoms with Crippen LogP contribution < -0.4 is 10.1 Å². The number of thiazole rings is 1. The molecule has 0 saturated heterocycles. The van der Waals surface area contributed by atoms with Crippen LogP contribution in [0, 0.1) is 6.92 Å². The van der Waals surface area contributed by atoms with Gasteiger partial charge in [-0.3, -0.25) is 4.79 Å². The zero-order valence-corrected chi connectivity index (χ0v) is 13.5. The molecule has 1 heterocycles. The van der Waals surface area contributed by atoms with E-state index >= 15 is 0 Å². The Balaban J connectivity index is 1.65.